The third-order valence-corrected chi connectivity index (χ3v) is 4.71. The van der Waals surface area contributed by atoms with Crippen molar-refractivity contribution in [2.75, 3.05) is 51.1 Å². The van der Waals surface area contributed by atoms with Crippen molar-refractivity contribution in [2.45, 2.75) is 19.4 Å². The normalized spacial score (nSPS) is 19.2. The van der Waals surface area contributed by atoms with E-state index < -0.39 is 11.9 Å². The lowest BCUT2D eigenvalue weighted by atomic mass is 10.0. The number of benzene rings is 1. The first-order valence-electron chi connectivity index (χ1n) is 9.30. The largest absolute Gasteiger partial charge is 0.480 e. The summed E-state index contributed by atoms with van der Waals surface area (Å²) in [6.45, 7) is 4.74. The molecule has 0 bridgehead atoms. The molecule has 0 unspecified atom stereocenters. The van der Waals surface area contributed by atoms with Crippen LogP contribution in [0.25, 0.3) is 0 Å². The summed E-state index contributed by atoms with van der Waals surface area (Å²) >= 11 is 5.05. The molecule has 1 saturated heterocycles. The Morgan fingerprint density at radius 1 is 1.14 bits per heavy atom. The molecule has 28 heavy (non-hydrogen) atoms. The van der Waals surface area contributed by atoms with Gasteiger partial charge in [0.1, 0.15) is 0 Å². The molecule has 0 aromatic heterocycles. The summed E-state index contributed by atoms with van der Waals surface area (Å²) in [4.78, 5) is 27.1. The van der Waals surface area contributed by atoms with Crippen LogP contribution in [0.2, 0.25) is 0 Å². The average Bonchev–Trinajstić information content (AvgIpc) is 2.67. The Balaban J connectivity index is 2.18. The number of carboxylic acids is 2. The summed E-state index contributed by atoms with van der Waals surface area (Å²) in [6.07, 6.45) is 0.639. The molecule has 9 heteroatoms. The van der Waals surface area contributed by atoms with Gasteiger partial charge in [-0.1, -0.05) is 24.4 Å². The Labute approximate surface area is 170 Å². The highest BCUT2D eigenvalue weighted by Crippen LogP contribution is 2.15. The van der Waals surface area contributed by atoms with Crippen molar-refractivity contribution in [3.8, 4) is 0 Å². The predicted octanol–water partition coefficient (Wildman–Crippen LogP) is 0.733. The van der Waals surface area contributed by atoms with Gasteiger partial charge in [0.15, 0.2) is 0 Å². The first kappa shape index (κ1) is 22.2. The van der Waals surface area contributed by atoms with Gasteiger partial charge in [0.25, 0.3) is 0 Å². The van der Waals surface area contributed by atoms with Crippen LogP contribution in [0.15, 0.2) is 24.3 Å². The van der Waals surface area contributed by atoms with Crippen LogP contribution in [0, 0.1) is 0 Å². The second kappa shape index (κ2) is 11.1. The molecule has 1 atom stereocenters. The molecule has 154 valence electrons. The Hall–Kier alpha value is -2.07. The van der Waals surface area contributed by atoms with E-state index in [0.29, 0.717) is 44.1 Å². The Morgan fingerprint density at radius 3 is 2.39 bits per heavy atom. The van der Waals surface area contributed by atoms with Crippen molar-refractivity contribution >= 4 is 34.8 Å². The Morgan fingerprint density at radius 2 is 1.79 bits per heavy atom. The average molecular weight is 409 g/mol. The van der Waals surface area contributed by atoms with Gasteiger partial charge in [-0.05, 0) is 31.0 Å². The number of carbonyl (C=O) groups is 2. The molecule has 4 N–H and O–H groups in total. The molecule has 0 amide bonds. The van der Waals surface area contributed by atoms with Crippen LogP contribution < -0.4 is 10.6 Å². The molecule has 1 aromatic carbocycles. The molecule has 1 aliphatic rings. The van der Waals surface area contributed by atoms with E-state index in [9.17, 15) is 19.8 Å². The van der Waals surface area contributed by atoms with E-state index in [0.717, 1.165) is 11.3 Å². The fourth-order valence-electron chi connectivity index (χ4n) is 3.38. The maximum absolute atomic E-state index is 11.4. The summed E-state index contributed by atoms with van der Waals surface area (Å²) < 4.78 is 0. The van der Waals surface area contributed by atoms with E-state index in [4.69, 9.17) is 12.2 Å². The molecule has 1 aliphatic heterocycles. The first-order valence-corrected chi connectivity index (χ1v) is 9.71. The minimum atomic E-state index is -0.884. The van der Waals surface area contributed by atoms with Gasteiger partial charge >= 0.3 is 11.9 Å². The van der Waals surface area contributed by atoms with Gasteiger partial charge in [-0.3, -0.25) is 19.4 Å². The number of carboxylic acid groups (broad SMARTS) is 2. The van der Waals surface area contributed by atoms with Gasteiger partial charge in [0.2, 0.25) is 0 Å². The van der Waals surface area contributed by atoms with Crippen LogP contribution in [0.5, 0.6) is 0 Å². The molecule has 0 spiro atoms. The summed E-state index contributed by atoms with van der Waals surface area (Å²) in [5.74, 6) is -1.77. The van der Waals surface area contributed by atoms with Gasteiger partial charge in [-0.15, -0.1) is 0 Å². The van der Waals surface area contributed by atoms with E-state index in [1.54, 1.807) is 0 Å². The van der Waals surface area contributed by atoms with E-state index in [-0.39, 0.29) is 19.1 Å². The molecular weight excluding hydrogens is 380 g/mol. The number of rotatable bonds is 7. The van der Waals surface area contributed by atoms with Crippen LogP contribution in [-0.2, 0) is 16.0 Å². The van der Waals surface area contributed by atoms with Crippen molar-refractivity contribution in [3.63, 3.8) is 0 Å². The SMILES string of the molecule is CC(=S)Nc1ccc(C[C@H]2CN(CC(=O)O)CCNCCN2CC(=O)O)cc1. The third-order valence-electron chi connectivity index (χ3n) is 4.61. The zero-order valence-electron chi connectivity index (χ0n) is 16.1. The molecule has 0 saturated carbocycles. The number of nitrogens with one attached hydrogen (secondary N) is 2. The zero-order chi connectivity index (χ0) is 20.5. The second-order valence-electron chi connectivity index (χ2n) is 6.98. The van der Waals surface area contributed by atoms with E-state index >= 15 is 0 Å². The van der Waals surface area contributed by atoms with Crippen molar-refractivity contribution in [2.24, 2.45) is 0 Å². The number of anilines is 1. The molecule has 8 nitrogen and oxygen atoms in total. The number of hydrogen-bond acceptors (Lipinski definition) is 6. The summed E-state index contributed by atoms with van der Waals surface area (Å²) in [6, 6.07) is 7.77. The quantitative estimate of drug-likeness (QED) is 0.486. The number of hydrogen-bond donors (Lipinski definition) is 4. The highest BCUT2D eigenvalue weighted by Gasteiger charge is 2.25. The molecule has 0 radical (unpaired) electrons. The summed E-state index contributed by atoms with van der Waals surface area (Å²) in [7, 11) is 0. The van der Waals surface area contributed by atoms with Gasteiger partial charge in [-0.25, -0.2) is 0 Å². The number of thiocarbonyl (C=S) groups is 1. The summed E-state index contributed by atoms with van der Waals surface area (Å²) in [5, 5.41) is 24.9. The smallest absolute Gasteiger partial charge is 0.317 e. The van der Waals surface area contributed by atoms with E-state index in [2.05, 4.69) is 10.6 Å². The monoisotopic (exact) mass is 408 g/mol. The van der Waals surface area contributed by atoms with E-state index in [1.165, 1.54) is 0 Å². The lowest BCUT2D eigenvalue weighted by molar-refractivity contribution is -0.140. The maximum Gasteiger partial charge on any atom is 0.317 e. The standard InChI is InChI=1S/C19H28N4O4S/c1-14(28)21-16-4-2-15(3-5-16)10-17-11-22(12-18(24)25)8-6-20-7-9-23(17)13-19(26)27/h2-5,17,20H,6-13H2,1H3,(H,21,28)(H,24,25)(H,26,27)/t17-/m0/s1. The minimum absolute atomic E-state index is 0.0596. The van der Waals surface area contributed by atoms with Crippen molar-refractivity contribution in [1.29, 1.82) is 0 Å². The van der Waals surface area contributed by atoms with Crippen LogP contribution in [0.1, 0.15) is 12.5 Å². The molecule has 1 heterocycles. The molecule has 1 fully saturated rings. The Bertz CT molecular complexity index is 683. The van der Waals surface area contributed by atoms with Gasteiger partial charge in [-0.2, -0.15) is 0 Å². The van der Waals surface area contributed by atoms with Crippen molar-refractivity contribution in [1.82, 2.24) is 15.1 Å². The highest BCUT2D eigenvalue weighted by molar-refractivity contribution is 7.80. The fraction of sp³-hybridized carbons (Fsp3) is 0.526. The van der Waals surface area contributed by atoms with Gasteiger partial charge < -0.3 is 20.8 Å². The fourth-order valence-corrected chi connectivity index (χ4v) is 3.50. The minimum Gasteiger partial charge on any atom is -0.480 e. The maximum atomic E-state index is 11.4. The number of aliphatic carboxylic acids is 2. The van der Waals surface area contributed by atoms with Crippen LogP contribution in [0.3, 0.4) is 0 Å². The van der Waals surface area contributed by atoms with Gasteiger partial charge in [0.05, 0.1) is 18.1 Å². The van der Waals surface area contributed by atoms with Crippen LogP contribution >= 0.6 is 12.2 Å². The Kier molecular flexibility index (Phi) is 8.78. The van der Waals surface area contributed by atoms with Gasteiger partial charge in [0, 0.05) is 44.5 Å². The van der Waals surface area contributed by atoms with Crippen molar-refractivity contribution < 1.29 is 19.8 Å². The van der Waals surface area contributed by atoms with Crippen LogP contribution in [0.4, 0.5) is 5.69 Å². The topological polar surface area (TPSA) is 105 Å². The zero-order valence-corrected chi connectivity index (χ0v) is 16.9. The molecule has 0 aliphatic carbocycles. The third kappa shape index (κ3) is 7.89. The molecular formula is C19H28N4O4S. The summed E-state index contributed by atoms with van der Waals surface area (Å²) in [5.41, 5.74) is 1.97. The van der Waals surface area contributed by atoms with E-state index in [1.807, 2.05) is 41.0 Å². The number of nitrogens with zero attached hydrogens (tertiary/aromatic N) is 2. The van der Waals surface area contributed by atoms with Crippen molar-refractivity contribution in [3.05, 3.63) is 29.8 Å². The molecule has 1 aromatic rings. The lowest BCUT2D eigenvalue weighted by Gasteiger charge is -2.33. The predicted molar refractivity (Wildman–Crippen MR) is 112 cm³/mol. The lowest BCUT2D eigenvalue weighted by Crippen LogP contribution is -2.48. The highest BCUT2D eigenvalue weighted by atomic mass is 32.1. The van der Waals surface area contributed by atoms with Crippen LogP contribution in [-0.4, -0.2) is 88.8 Å². The first-order chi connectivity index (χ1) is 13.3. The second-order valence-corrected chi connectivity index (χ2v) is 7.59. The molecule has 2 rings (SSSR count).